The molecule has 0 bridgehead atoms. The van der Waals surface area contributed by atoms with Gasteiger partial charge in [-0.3, -0.25) is 4.79 Å². The third-order valence-corrected chi connectivity index (χ3v) is 3.21. The first-order valence-corrected chi connectivity index (χ1v) is 6.45. The summed E-state index contributed by atoms with van der Waals surface area (Å²) < 4.78 is 0. The lowest BCUT2D eigenvalue weighted by atomic mass is 10.2. The Bertz CT molecular complexity index is 493. The summed E-state index contributed by atoms with van der Waals surface area (Å²) in [7, 11) is 3.99. The average Bonchev–Trinajstić information content (AvgIpc) is 2.76. The van der Waals surface area contributed by atoms with Crippen LogP contribution in [0.3, 0.4) is 0 Å². The lowest BCUT2D eigenvalue weighted by Crippen LogP contribution is -2.19. The van der Waals surface area contributed by atoms with Crippen LogP contribution in [-0.4, -0.2) is 37.1 Å². The normalized spacial score (nSPS) is 17.4. The van der Waals surface area contributed by atoms with Crippen LogP contribution in [0.1, 0.15) is 5.56 Å². The first-order chi connectivity index (χ1) is 8.65. The Kier molecular flexibility index (Phi) is 3.99. The van der Waals surface area contributed by atoms with E-state index in [0.717, 1.165) is 11.3 Å². The number of amidine groups is 1. The van der Waals surface area contributed by atoms with Crippen molar-refractivity contribution in [3.05, 3.63) is 29.8 Å². The van der Waals surface area contributed by atoms with Gasteiger partial charge in [0, 0.05) is 19.8 Å². The number of carbonyl (C=O) groups is 1. The molecule has 0 spiro atoms. The smallest absolute Gasteiger partial charge is 0.236 e. The summed E-state index contributed by atoms with van der Waals surface area (Å²) in [6.07, 6.45) is 1.66. The molecule has 5 nitrogen and oxygen atoms in total. The monoisotopic (exact) mass is 262 g/mol. The van der Waals surface area contributed by atoms with Gasteiger partial charge in [0.25, 0.3) is 0 Å². The molecular formula is C12H14N4OS. The minimum Gasteiger partial charge on any atom is -0.378 e. The van der Waals surface area contributed by atoms with Gasteiger partial charge in [0.2, 0.25) is 5.91 Å². The molecule has 1 heterocycles. The molecule has 1 aliphatic rings. The van der Waals surface area contributed by atoms with Gasteiger partial charge in [-0.2, -0.15) is 5.10 Å². The van der Waals surface area contributed by atoms with E-state index >= 15 is 0 Å². The van der Waals surface area contributed by atoms with Crippen LogP contribution in [-0.2, 0) is 4.79 Å². The Hall–Kier alpha value is -1.82. The van der Waals surface area contributed by atoms with Crippen molar-refractivity contribution in [1.82, 2.24) is 5.32 Å². The Morgan fingerprint density at radius 3 is 2.61 bits per heavy atom. The van der Waals surface area contributed by atoms with E-state index in [1.54, 1.807) is 6.21 Å². The van der Waals surface area contributed by atoms with Gasteiger partial charge >= 0.3 is 0 Å². The van der Waals surface area contributed by atoms with E-state index in [2.05, 4.69) is 15.5 Å². The quantitative estimate of drug-likeness (QED) is 0.660. The molecule has 0 aromatic heterocycles. The minimum atomic E-state index is -0.0238. The number of nitrogens with one attached hydrogen (secondary N) is 1. The zero-order chi connectivity index (χ0) is 13.0. The lowest BCUT2D eigenvalue weighted by molar-refractivity contribution is -0.116. The molecule has 1 aromatic rings. The molecule has 1 aromatic carbocycles. The maximum atomic E-state index is 10.9. The fourth-order valence-corrected chi connectivity index (χ4v) is 2.02. The third-order valence-electron chi connectivity index (χ3n) is 2.35. The highest BCUT2D eigenvalue weighted by Gasteiger charge is 2.15. The maximum absolute atomic E-state index is 10.9. The molecule has 1 saturated heterocycles. The molecule has 18 heavy (non-hydrogen) atoms. The summed E-state index contributed by atoms with van der Waals surface area (Å²) in [6.45, 7) is 0. The highest BCUT2D eigenvalue weighted by Crippen LogP contribution is 2.11. The molecule has 2 rings (SSSR count). The van der Waals surface area contributed by atoms with E-state index in [0.29, 0.717) is 10.9 Å². The Labute approximate surface area is 110 Å². The molecule has 1 fully saturated rings. The van der Waals surface area contributed by atoms with Crippen molar-refractivity contribution in [3.8, 4) is 0 Å². The van der Waals surface area contributed by atoms with Gasteiger partial charge in [0.05, 0.1) is 12.0 Å². The number of nitrogens with zero attached hydrogens (tertiary/aromatic N) is 3. The molecule has 1 amide bonds. The molecule has 0 unspecified atom stereocenters. The fraction of sp³-hybridized carbons (Fsp3) is 0.250. The van der Waals surface area contributed by atoms with Crippen molar-refractivity contribution >= 4 is 34.7 Å². The third kappa shape index (κ3) is 3.33. The van der Waals surface area contributed by atoms with Crippen LogP contribution in [0.15, 0.2) is 34.5 Å². The van der Waals surface area contributed by atoms with Crippen molar-refractivity contribution < 1.29 is 4.79 Å². The van der Waals surface area contributed by atoms with Crippen LogP contribution in [0.4, 0.5) is 5.69 Å². The largest absolute Gasteiger partial charge is 0.378 e. The molecule has 94 valence electrons. The SMILES string of the molecule is CN(C)c1ccc(/C=N\N=C2/NC(=O)CS2)cc1. The van der Waals surface area contributed by atoms with E-state index < -0.39 is 0 Å². The van der Waals surface area contributed by atoms with Gasteiger partial charge in [0.15, 0.2) is 5.17 Å². The summed E-state index contributed by atoms with van der Waals surface area (Å²) in [5.41, 5.74) is 2.11. The number of hydrogen-bond donors (Lipinski definition) is 1. The van der Waals surface area contributed by atoms with Crippen molar-refractivity contribution in [1.29, 1.82) is 0 Å². The van der Waals surface area contributed by atoms with E-state index in [9.17, 15) is 4.79 Å². The maximum Gasteiger partial charge on any atom is 0.236 e. The highest BCUT2D eigenvalue weighted by molar-refractivity contribution is 8.15. The number of amides is 1. The van der Waals surface area contributed by atoms with Crippen LogP contribution >= 0.6 is 11.8 Å². The molecule has 1 aliphatic heterocycles. The van der Waals surface area contributed by atoms with Gasteiger partial charge in [-0.15, -0.1) is 5.10 Å². The predicted octanol–water partition coefficient (Wildman–Crippen LogP) is 1.31. The summed E-state index contributed by atoms with van der Waals surface area (Å²) >= 11 is 1.36. The lowest BCUT2D eigenvalue weighted by Gasteiger charge is -2.11. The highest BCUT2D eigenvalue weighted by atomic mass is 32.2. The van der Waals surface area contributed by atoms with Gasteiger partial charge in [-0.1, -0.05) is 23.9 Å². The van der Waals surface area contributed by atoms with Crippen molar-refractivity contribution in [2.45, 2.75) is 0 Å². The molecule has 6 heteroatoms. The standard InChI is InChI=1S/C12H14N4OS/c1-16(2)10-5-3-9(4-6-10)7-13-15-12-14-11(17)8-18-12/h3-7H,8H2,1-2H3,(H,14,15,17)/b13-7-. The summed E-state index contributed by atoms with van der Waals surface area (Å²) in [5.74, 6) is 0.399. The summed E-state index contributed by atoms with van der Waals surface area (Å²) in [5, 5.41) is 11.1. The van der Waals surface area contributed by atoms with E-state index in [1.807, 2.05) is 43.3 Å². The van der Waals surface area contributed by atoms with Crippen molar-refractivity contribution in [2.75, 3.05) is 24.7 Å². The van der Waals surface area contributed by atoms with E-state index in [4.69, 9.17) is 0 Å². The van der Waals surface area contributed by atoms with Crippen LogP contribution in [0, 0.1) is 0 Å². The molecule has 0 aliphatic carbocycles. The minimum absolute atomic E-state index is 0.0238. The summed E-state index contributed by atoms with van der Waals surface area (Å²) in [4.78, 5) is 13.0. The van der Waals surface area contributed by atoms with E-state index in [-0.39, 0.29) is 5.91 Å². The number of benzene rings is 1. The van der Waals surface area contributed by atoms with E-state index in [1.165, 1.54) is 11.8 Å². The van der Waals surface area contributed by atoms with Crippen molar-refractivity contribution in [2.24, 2.45) is 10.2 Å². The van der Waals surface area contributed by atoms with Crippen molar-refractivity contribution in [3.63, 3.8) is 0 Å². The van der Waals surface area contributed by atoms with Gasteiger partial charge < -0.3 is 10.2 Å². The second kappa shape index (κ2) is 5.68. The average molecular weight is 262 g/mol. The molecule has 0 atom stereocenters. The van der Waals surface area contributed by atoms with Crippen LogP contribution < -0.4 is 10.2 Å². The predicted molar refractivity (Wildman–Crippen MR) is 76.4 cm³/mol. The van der Waals surface area contributed by atoms with Crippen LogP contribution in [0.5, 0.6) is 0 Å². The first-order valence-electron chi connectivity index (χ1n) is 5.46. The Morgan fingerprint density at radius 2 is 2.06 bits per heavy atom. The Balaban J connectivity index is 1.99. The topological polar surface area (TPSA) is 57.1 Å². The second-order valence-corrected chi connectivity index (χ2v) is 4.94. The zero-order valence-electron chi connectivity index (χ0n) is 10.3. The number of anilines is 1. The second-order valence-electron chi connectivity index (χ2n) is 3.97. The summed E-state index contributed by atoms with van der Waals surface area (Å²) in [6, 6.07) is 7.97. The van der Waals surface area contributed by atoms with Gasteiger partial charge in [0.1, 0.15) is 0 Å². The fourth-order valence-electron chi connectivity index (χ4n) is 1.39. The van der Waals surface area contributed by atoms with Crippen LogP contribution in [0.2, 0.25) is 0 Å². The zero-order valence-corrected chi connectivity index (χ0v) is 11.1. The Morgan fingerprint density at radius 1 is 1.33 bits per heavy atom. The molecule has 0 radical (unpaired) electrons. The molecule has 0 saturated carbocycles. The first kappa shape index (κ1) is 12.6. The molecular weight excluding hydrogens is 248 g/mol. The number of hydrogen-bond acceptors (Lipinski definition) is 5. The number of thioether (sulfide) groups is 1. The number of rotatable bonds is 3. The van der Waals surface area contributed by atoms with Gasteiger partial charge in [-0.25, -0.2) is 0 Å². The molecule has 1 N–H and O–H groups in total. The van der Waals surface area contributed by atoms with Gasteiger partial charge in [-0.05, 0) is 17.7 Å². The van der Waals surface area contributed by atoms with Crippen LogP contribution in [0.25, 0.3) is 0 Å². The number of carbonyl (C=O) groups excluding carboxylic acids is 1.